The summed E-state index contributed by atoms with van der Waals surface area (Å²) in [7, 11) is 0. The lowest BCUT2D eigenvalue weighted by atomic mass is 10.1. The summed E-state index contributed by atoms with van der Waals surface area (Å²) in [5.41, 5.74) is 4.39. The summed E-state index contributed by atoms with van der Waals surface area (Å²) < 4.78 is 0. The second kappa shape index (κ2) is 10.2. The third kappa shape index (κ3) is 4.89. The van der Waals surface area contributed by atoms with Crippen LogP contribution in [0, 0.1) is 11.3 Å². The molecule has 0 bridgehead atoms. The van der Waals surface area contributed by atoms with Crippen molar-refractivity contribution in [3.05, 3.63) is 59.7 Å². The minimum atomic E-state index is 0. The predicted molar refractivity (Wildman–Crippen MR) is 127 cm³/mol. The largest absolute Gasteiger partial charge is 0.368 e. The molecule has 2 saturated heterocycles. The third-order valence-electron chi connectivity index (χ3n) is 6.27. The van der Waals surface area contributed by atoms with Crippen molar-refractivity contribution in [1.82, 2.24) is 10.2 Å². The standard InChI is InChI=1S/C24H31N5.ClH/c1-19-16-26-10-11-29(19)23-8-9-24(22(14-23)15-25)28-13-12-27(20(2)17-28)18-21-6-4-3-5-7-21;/h3-9,14,19-20,26H,10-13,16-18H2,1-2H3;1H/t19-,20-;/m0./s1. The molecule has 6 heteroatoms. The van der Waals surface area contributed by atoms with Crippen molar-refractivity contribution >= 4 is 23.8 Å². The highest BCUT2D eigenvalue weighted by atomic mass is 35.5. The zero-order chi connectivity index (χ0) is 20.2. The Morgan fingerprint density at radius 1 is 1.03 bits per heavy atom. The van der Waals surface area contributed by atoms with Crippen LogP contribution in [0.4, 0.5) is 11.4 Å². The van der Waals surface area contributed by atoms with E-state index in [0.29, 0.717) is 12.1 Å². The van der Waals surface area contributed by atoms with Crippen LogP contribution in [0.3, 0.4) is 0 Å². The number of nitrogens with one attached hydrogen (secondary N) is 1. The predicted octanol–water partition coefficient (Wildman–Crippen LogP) is 3.49. The van der Waals surface area contributed by atoms with Crippen molar-refractivity contribution in [3.8, 4) is 6.07 Å². The molecule has 1 N–H and O–H groups in total. The Morgan fingerprint density at radius 2 is 1.83 bits per heavy atom. The molecule has 4 rings (SSSR count). The van der Waals surface area contributed by atoms with Crippen molar-refractivity contribution in [2.24, 2.45) is 0 Å². The Kier molecular flexibility index (Phi) is 7.60. The fourth-order valence-electron chi connectivity index (χ4n) is 4.56. The highest BCUT2D eigenvalue weighted by Crippen LogP contribution is 2.29. The molecule has 2 aliphatic rings. The molecule has 5 nitrogen and oxygen atoms in total. The molecule has 0 spiro atoms. The SMILES string of the molecule is C[C@H]1CN(c2ccc(N3CCNC[C@@H]3C)cc2C#N)CCN1Cc1ccccc1.Cl. The minimum absolute atomic E-state index is 0. The summed E-state index contributed by atoms with van der Waals surface area (Å²) in [6, 6.07) is 20.5. The lowest BCUT2D eigenvalue weighted by Gasteiger charge is -2.41. The molecule has 2 heterocycles. The molecule has 2 atom stereocenters. The molecule has 0 amide bonds. The Morgan fingerprint density at radius 3 is 2.53 bits per heavy atom. The number of nitrogens with zero attached hydrogens (tertiary/aromatic N) is 4. The number of rotatable bonds is 4. The maximum atomic E-state index is 9.83. The van der Waals surface area contributed by atoms with Gasteiger partial charge in [0.1, 0.15) is 6.07 Å². The van der Waals surface area contributed by atoms with E-state index in [1.807, 2.05) is 0 Å². The lowest BCUT2D eigenvalue weighted by Crippen LogP contribution is -2.51. The van der Waals surface area contributed by atoms with Gasteiger partial charge in [-0.25, -0.2) is 0 Å². The second-order valence-electron chi connectivity index (χ2n) is 8.31. The van der Waals surface area contributed by atoms with Gasteiger partial charge in [-0.1, -0.05) is 30.3 Å². The fraction of sp³-hybridized carbons (Fsp3) is 0.458. The average molecular weight is 426 g/mol. The molecular formula is C24H32ClN5. The van der Waals surface area contributed by atoms with E-state index in [0.717, 1.165) is 62.8 Å². The van der Waals surface area contributed by atoms with E-state index >= 15 is 0 Å². The van der Waals surface area contributed by atoms with Crippen molar-refractivity contribution < 1.29 is 0 Å². The van der Waals surface area contributed by atoms with Crippen LogP contribution in [0.15, 0.2) is 48.5 Å². The van der Waals surface area contributed by atoms with Gasteiger partial charge >= 0.3 is 0 Å². The zero-order valence-electron chi connectivity index (χ0n) is 17.9. The number of benzene rings is 2. The van der Waals surface area contributed by atoms with Crippen LogP contribution < -0.4 is 15.1 Å². The zero-order valence-corrected chi connectivity index (χ0v) is 18.7. The number of halogens is 1. The van der Waals surface area contributed by atoms with Crippen LogP contribution in [-0.2, 0) is 6.54 Å². The van der Waals surface area contributed by atoms with Crippen molar-refractivity contribution in [2.75, 3.05) is 49.1 Å². The third-order valence-corrected chi connectivity index (χ3v) is 6.27. The normalized spacial score (nSPS) is 22.3. The van der Waals surface area contributed by atoms with Crippen molar-refractivity contribution in [1.29, 1.82) is 5.26 Å². The summed E-state index contributed by atoms with van der Waals surface area (Å²) >= 11 is 0. The smallest absolute Gasteiger partial charge is 0.101 e. The first-order valence-electron chi connectivity index (χ1n) is 10.7. The molecule has 0 saturated carbocycles. The van der Waals surface area contributed by atoms with E-state index in [1.165, 1.54) is 5.56 Å². The molecule has 0 aliphatic carbocycles. The topological polar surface area (TPSA) is 45.5 Å². The van der Waals surface area contributed by atoms with Crippen LogP contribution in [0.5, 0.6) is 0 Å². The first-order valence-corrected chi connectivity index (χ1v) is 10.7. The average Bonchev–Trinajstić information content (AvgIpc) is 2.76. The molecule has 0 unspecified atom stereocenters. The summed E-state index contributed by atoms with van der Waals surface area (Å²) in [6.45, 7) is 11.4. The molecule has 160 valence electrons. The summed E-state index contributed by atoms with van der Waals surface area (Å²) in [4.78, 5) is 7.33. The quantitative estimate of drug-likeness (QED) is 0.812. The Hall–Kier alpha value is -2.26. The molecule has 2 aromatic rings. The molecule has 2 fully saturated rings. The van der Waals surface area contributed by atoms with Gasteiger partial charge in [0, 0.05) is 63.6 Å². The van der Waals surface area contributed by atoms with E-state index in [9.17, 15) is 5.26 Å². The van der Waals surface area contributed by atoms with Crippen LogP contribution >= 0.6 is 12.4 Å². The minimum Gasteiger partial charge on any atom is -0.368 e. The number of piperazine rings is 2. The van der Waals surface area contributed by atoms with Gasteiger partial charge in [0.2, 0.25) is 0 Å². The molecule has 2 aromatic carbocycles. The van der Waals surface area contributed by atoms with Gasteiger partial charge in [0.25, 0.3) is 0 Å². The summed E-state index contributed by atoms with van der Waals surface area (Å²) in [5, 5.41) is 13.3. The van der Waals surface area contributed by atoms with E-state index in [4.69, 9.17) is 0 Å². The highest BCUT2D eigenvalue weighted by molar-refractivity contribution is 5.85. The monoisotopic (exact) mass is 425 g/mol. The van der Waals surface area contributed by atoms with Crippen LogP contribution in [0.2, 0.25) is 0 Å². The van der Waals surface area contributed by atoms with Gasteiger partial charge in [-0.2, -0.15) is 5.26 Å². The highest BCUT2D eigenvalue weighted by Gasteiger charge is 2.26. The Bertz CT molecular complexity index is 866. The van der Waals surface area contributed by atoms with Crippen LogP contribution in [-0.4, -0.2) is 56.3 Å². The number of nitriles is 1. The van der Waals surface area contributed by atoms with E-state index in [1.54, 1.807) is 0 Å². The summed E-state index contributed by atoms with van der Waals surface area (Å²) in [6.07, 6.45) is 0. The Balaban J connectivity index is 0.00000256. The molecule has 0 aromatic heterocycles. The fourth-order valence-corrected chi connectivity index (χ4v) is 4.56. The van der Waals surface area contributed by atoms with Crippen LogP contribution in [0.1, 0.15) is 25.0 Å². The number of hydrogen-bond acceptors (Lipinski definition) is 5. The van der Waals surface area contributed by atoms with E-state index in [2.05, 4.69) is 88.5 Å². The van der Waals surface area contributed by atoms with Gasteiger partial charge in [-0.3, -0.25) is 4.90 Å². The van der Waals surface area contributed by atoms with Gasteiger partial charge in [0.15, 0.2) is 0 Å². The van der Waals surface area contributed by atoms with Crippen molar-refractivity contribution in [2.45, 2.75) is 32.5 Å². The maximum Gasteiger partial charge on any atom is 0.101 e. The second-order valence-corrected chi connectivity index (χ2v) is 8.31. The number of hydrogen-bond donors (Lipinski definition) is 1. The number of anilines is 2. The Labute approximate surface area is 186 Å². The van der Waals surface area contributed by atoms with Gasteiger partial charge in [-0.05, 0) is 37.6 Å². The van der Waals surface area contributed by atoms with Crippen LogP contribution in [0.25, 0.3) is 0 Å². The molecule has 0 radical (unpaired) electrons. The summed E-state index contributed by atoms with van der Waals surface area (Å²) in [5.74, 6) is 0. The molecular weight excluding hydrogens is 394 g/mol. The maximum absolute atomic E-state index is 9.83. The lowest BCUT2D eigenvalue weighted by molar-refractivity contribution is 0.181. The van der Waals surface area contributed by atoms with Gasteiger partial charge in [0.05, 0.1) is 11.3 Å². The first-order chi connectivity index (χ1) is 14.2. The van der Waals surface area contributed by atoms with Gasteiger partial charge < -0.3 is 15.1 Å². The molecule has 30 heavy (non-hydrogen) atoms. The van der Waals surface area contributed by atoms with E-state index < -0.39 is 0 Å². The first kappa shape index (κ1) is 22.4. The molecule has 2 aliphatic heterocycles. The van der Waals surface area contributed by atoms with E-state index in [-0.39, 0.29) is 12.4 Å². The van der Waals surface area contributed by atoms with Crippen molar-refractivity contribution in [3.63, 3.8) is 0 Å². The van der Waals surface area contributed by atoms with Gasteiger partial charge in [-0.15, -0.1) is 12.4 Å².